The lowest BCUT2D eigenvalue weighted by atomic mass is 9.89. The van der Waals surface area contributed by atoms with Crippen molar-refractivity contribution in [2.75, 3.05) is 24.6 Å². The predicted molar refractivity (Wildman–Crippen MR) is 165 cm³/mol. The maximum atomic E-state index is 14.3. The van der Waals surface area contributed by atoms with Crippen LogP contribution in [-0.2, 0) is 16.3 Å². The number of allylic oxidation sites excluding steroid dienone is 2. The van der Waals surface area contributed by atoms with Crippen LogP contribution in [0.3, 0.4) is 0 Å². The van der Waals surface area contributed by atoms with Crippen molar-refractivity contribution < 1.29 is 35.5 Å². The highest BCUT2D eigenvalue weighted by atomic mass is 32.2. The van der Waals surface area contributed by atoms with E-state index in [1.54, 1.807) is 6.07 Å². The van der Waals surface area contributed by atoms with Crippen LogP contribution in [0.2, 0.25) is 0 Å². The lowest BCUT2D eigenvalue weighted by Crippen LogP contribution is -2.31. The highest BCUT2D eigenvalue weighted by Crippen LogP contribution is 2.39. The minimum absolute atomic E-state index is 0.0438. The van der Waals surface area contributed by atoms with Gasteiger partial charge in [0.1, 0.15) is 27.6 Å². The number of phenolic OH excluding ortho intramolecular Hbond substituents is 1. The van der Waals surface area contributed by atoms with Gasteiger partial charge < -0.3 is 5.11 Å². The minimum Gasteiger partial charge on any atom is -0.508 e. The molecule has 2 aromatic carbocycles. The molecule has 2 aliphatic rings. The molecule has 4 nitrogen and oxygen atoms in total. The van der Waals surface area contributed by atoms with Crippen molar-refractivity contribution in [1.82, 2.24) is 4.90 Å². The molecule has 0 bridgehead atoms. The molecule has 0 aromatic heterocycles. The van der Waals surface area contributed by atoms with Crippen LogP contribution in [0.4, 0.5) is 22.0 Å². The molecule has 0 unspecified atom stereocenters. The Balaban J connectivity index is 1.26. The Morgan fingerprint density at radius 2 is 1.64 bits per heavy atom. The number of hydrogen-bond acceptors (Lipinski definition) is 4. The zero-order chi connectivity index (χ0) is 31.7. The summed E-state index contributed by atoms with van der Waals surface area (Å²) >= 11 is 0. The summed E-state index contributed by atoms with van der Waals surface area (Å²) in [5, 5.41) is 10.1. The summed E-state index contributed by atoms with van der Waals surface area (Å²) in [5.41, 5.74) is 5.78. The average molecular weight is 642 g/mol. The summed E-state index contributed by atoms with van der Waals surface area (Å²) in [7, 11) is -3.56. The Hall–Kier alpha value is -2.46. The fraction of sp³-hybridized carbons (Fsp3) is 0.588. The van der Waals surface area contributed by atoms with Gasteiger partial charge in [0, 0.05) is 19.0 Å². The molecule has 4 rings (SSSR count). The van der Waals surface area contributed by atoms with Crippen LogP contribution in [0, 0.1) is 5.82 Å². The van der Waals surface area contributed by atoms with E-state index in [9.17, 15) is 35.5 Å². The Morgan fingerprint density at radius 3 is 2.39 bits per heavy atom. The molecule has 0 radical (unpaired) electrons. The number of nitrogens with zero attached hydrogens (tertiary/aromatic N) is 1. The van der Waals surface area contributed by atoms with Crippen molar-refractivity contribution in [1.29, 1.82) is 0 Å². The highest BCUT2D eigenvalue weighted by Gasteiger charge is 2.32. The van der Waals surface area contributed by atoms with Gasteiger partial charge in [-0.05, 0) is 123 Å². The van der Waals surface area contributed by atoms with Gasteiger partial charge in [-0.25, -0.2) is 17.2 Å². The van der Waals surface area contributed by atoms with E-state index in [1.807, 2.05) is 24.3 Å². The quantitative estimate of drug-likeness (QED) is 0.156. The molecule has 0 saturated carbocycles. The van der Waals surface area contributed by atoms with E-state index in [0.29, 0.717) is 25.8 Å². The second kappa shape index (κ2) is 15.7. The number of hydrogen-bond donors (Lipinski definition) is 1. The molecule has 1 aliphatic heterocycles. The normalized spacial score (nSPS) is 19.8. The summed E-state index contributed by atoms with van der Waals surface area (Å²) in [6.45, 7) is 1.07. The molecular weight excluding hydrogens is 597 g/mol. The lowest BCUT2D eigenvalue weighted by molar-refractivity contribution is -0.134. The molecule has 1 aliphatic carbocycles. The van der Waals surface area contributed by atoms with Crippen LogP contribution in [0.1, 0.15) is 93.7 Å². The van der Waals surface area contributed by atoms with E-state index < -0.39 is 40.8 Å². The molecule has 2 atom stereocenters. The van der Waals surface area contributed by atoms with Crippen LogP contribution >= 0.6 is 0 Å². The number of likely N-dealkylation sites (tertiary alicyclic amines) is 1. The zero-order valence-corrected chi connectivity index (χ0v) is 26.0. The Kier molecular flexibility index (Phi) is 12.3. The first-order valence-electron chi connectivity index (χ1n) is 15.9. The fourth-order valence-electron chi connectivity index (χ4n) is 6.71. The molecule has 244 valence electrons. The van der Waals surface area contributed by atoms with Crippen molar-refractivity contribution in [3.05, 3.63) is 65.0 Å². The van der Waals surface area contributed by atoms with E-state index in [1.165, 1.54) is 23.3 Å². The van der Waals surface area contributed by atoms with Crippen LogP contribution in [0.15, 0.2) is 42.5 Å². The number of fused-ring (bicyclic) bond motifs is 1. The van der Waals surface area contributed by atoms with E-state index in [-0.39, 0.29) is 23.4 Å². The van der Waals surface area contributed by atoms with Gasteiger partial charge in [0.15, 0.2) is 0 Å². The number of benzene rings is 2. The lowest BCUT2D eigenvalue weighted by Gasteiger charge is -2.24. The maximum absolute atomic E-state index is 14.3. The van der Waals surface area contributed by atoms with Gasteiger partial charge in [-0.2, -0.15) is 13.2 Å². The molecule has 1 N–H and O–H groups in total. The number of unbranched alkanes of at least 4 members (excludes halogenated alkanes) is 3. The molecule has 1 heterocycles. The number of sulfone groups is 1. The molecule has 1 fully saturated rings. The second-order valence-corrected chi connectivity index (χ2v) is 14.6. The molecule has 44 heavy (non-hydrogen) atoms. The van der Waals surface area contributed by atoms with Crippen molar-refractivity contribution in [3.8, 4) is 5.75 Å². The van der Waals surface area contributed by atoms with Gasteiger partial charge in [0.2, 0.25) is 0 Å². The van der Waals surface area contributed by atoms with Crippen molar-refractivity contribution in [2.24, 2.45) is 0 Å². The van der Waals surface area contributed by atoms with Gasteiger partial charge in [-0.15, -0.1) is 0 Å². The average Bonchev–Trinajstić information content (AvgIpc) is 3.19. The first-order valence-corrected chi connectivity index (χ1v) is 17.7. The standard InChI is InChI=1S/C34H44F5NO3S/c35-27-14-12-25(13-15-27)31-11-5-8-26-22-30(41)16-17-32(26)33(31)10-3-1-2-4-19-40-24-28(36)23-29(40)9-6-20-44(42,43)21-7-18-34(37,38)39/h12-17,22,28-29,41H,1-11,18-21,23-24H2/t28-,29-/m1/s1. The third-order valence-corrected chi connectivity index (χ3v) is 10.7. The third kappa shape index (κ3) is 10.6. The first kappa shape index (κ1) is 34.4. The van der Waals surface area contributed by atoms with E-state index >= 15 is 0 Å². The number of halogens is 5. The third-order valence-electron chi connectivity index (χ3n) is 8.85. The highest BCUT2D eigenvalue weighted by molar-refractivity contribution is 7.91. The molecule has 10 heteroatoms. The van der Waals surface area contributed by atoms with Gasteiger partial charge in [-0.3, -0.25) is 4.90 Å². The monoisotopic (exact) mass is 641 g/mol. The molecule has 2 aromatic rings. The number of aromatic hydroxyl groups is 1. The van der Waals surface area contributed by atoms with Crippen LogP contribution in [-0.4, -0.2) is 61.4 Å². The van der Waals surface area contributed by atoms with Crippen molar-refractivity contribution in [2.45, 2.75) is 102 Å². The second-order valence-electron chi connectivity index (χ2n) is 12.3. The van der Waals surface area contributed by atoms with E-state index in [4.69, 9.17) is 0 Å². The summed E-state index contributed by atoms with van der Waals surface area (Å²) in [4.78, 5) is 2.10. The Morgan fingerprint density at radius 1 is 0.909 bits per heavy atom. The first-order chi connectivity index (χ1) is 20.9. The number of phenols is 1. The topological polar surface area (TPSA) is 57.6 Å². The van der Waals surface area contributed by atoms with Gasteiger partial charge in [0.25, 0.3) is 0 Å². The summed E-state index contributed by atoms with van der Waals surface area (Å²) < 4.78 is 89.2. The smallest absolute Gasteiger partial charge is 0.389 e. The predicted octanol–water partition coefficient (Wildman–Crippen LogP) is 8.68. The van der Waals surface area contributed by atoms with Crippen molar-refractivity contribution >= 4 is 21.0 Å². The van der Waals surface area contributed by atoms with E-state index in [0.717, 1.165) is 74.6 Å². The molecule has 0 spiro atoms. The van der Waals surface area contributed by atoms with Crippen molar-refractivity contribution in [3.63, 3.8) is 0 Å². The summed E-state index contributed by atoms with van der Waals surface area (Å²) in [6, 6.07) is 12.2. The fourth-order valence-corrected chi connectivity index (χ4v) is 8.10. The van der Waals surface area contributed by atoms with E-state index in [2.05, 4.69) is 4.90 Å². The van der Waals surface area contributed by atoms with Gasteiger partial charge in [-0.1, -0.05) is 31.0 Å². The van der Waals surface area contributed by atoms with Gasteiger partial charge >= 0.3 is 6.18 Å². The Labute approximate surface area is 258 Å². The van der Waals surface area contributed by atoms with Crippen LogP contribution in [0.25, 0.3) is 11.1 Å². The summed E-state index contributed by atoms with van der Waals surface area (Å²) in [5.74, 6) is -0.640. The molecule has 1 saturated heterocycles. The summed E-state index contributed by atoms with van der Waals surface area (Å²) in [6.07, 6.45) is 1.76. The van der Waals surface area contributed by atoms with Crippen LogP contribution < -0.4 is 0 Å². The number of rotatable bonds is 15. The maximum Gasteiger partial charge on any atom is 0.389 e. The van der Waals surface area contributed by atoms with Gasteiger partial charge in [0.05, 0.1) is 11.5 Å². The largest absolute Gasteiger partial charge is 0.508 e. The molecular formula is C34H44F5NO3S. The molecule has 0 amide bonds. The van der Waals surface area contributed by atoms with Crippen LogP contribution in [0.5, 0.6) is 5.75 Å². The minimum atomic E-state index is -4.36. The number of alkyl halides is 4. The zero-order valence-electron chi connectivity index (χ0n) is 25.2. The Bertz CT molecular complexity index is 1360. The SMILES string of the molecule is O=S(=O)(CCC[C@@H]1C[C@@H](F)CN1CCCCCCC1=C(c2ccc(F)cc2)CCCc2cc(O)ccc21)CCCC(F)(F)F. The number of aryl methyl sites for hydroxylation is 1.